The smallest absolute Gasteiger partial charge is 0.109 e. The van der Waals surface area contributed by atoms with Crippen LogP contribution in [0.5, 0.6) is 0 Å². The summed E-state index contributed by atoms with van der Waals surface area (Å²) < 4.78 is 1.51. The van der Waals surface area contributed by atoms with Crippen molar-refractivity contribution in [3.8, 4) is 0 Å². The summed E-state index contributed by atoms with van der Waals surface area (Å²) in [6.45, 7) is 4.25. The van der Waals surface area contributed by atoms with Crippen molar-refractivity contribution >= 4 is 3.21 Å². The van der Waals surface area contributed by atoms with Crippen LogP contribution in [0.25, 0.3) is 0 Å². The Morgan fingerprint density at radius 1 is 0.938 bits per heavy atom. The molecule has 0 spiro atoms. The van der Waals surface area contributed by atoms with Crippen LogP contribution in [0.1, 0.15) is 26.7 Å². The van der Waals surface area contributed by atoms with Crippen molar-refractivity contribution in [3.63, 3.8) is 0 Å². The Morgan fingerprint density at radius 2 is 1.25 bits per heavy atom. The van der Waals surface area contributed by atoms with Gasteiger partial charge in [-0.25, -0.2) is 24.3 Å². The zero-order chi connectivity index (χ0) is 10.6. The quantitative estimate of drug-likeness (QED) is 0.586. The maximum atomic E-state index is 2.99. The molecule has 0 saturated carbocycles. The van der Waals surface area contributed by atoms with E-state index in [1.807, 2.05) is 24.3 Å². The normalized spacial score (nSPS) is 12.6. The summed E-state index contributed by atoms with van der Waals surface area (Å²) in [5.41, 5.74) is 0. The van der Waals surface area contributed by atoms with Crippen LogP contribution in [-0.4, -0.2) is 3.21 Å². The molecule has 0 bridgehead atoms. The second kappa shape index (κ2) is 17.1. The van der Waals surface area contributed by atoms with Crippen LogP contribution >= 0.6 is 0 Å². The van der Waals surface area contributed by atoms with Crippen molar-refractivity contribution in [3.05, 3.63) is 63.5 Å². The minimum absolute atomic E-state index is 0. The first-order valence-electron chi connectivity index (χ1n) is 4.68. The molecule has 2 aliphatic rings. The first-order chi connectivity index (χ1) is 6.73. The minimum atomic E-state index is 0. The average Bonchev–Trinajstić information content (AvgIpc) is 2.83. The topological polar surface area (TPSA) is 0 Å². The zero-order valence-electron chi connectivity index (χ0n) is 10.9. The minimum Gasteiger partial charge on any atom is -0.358 e. The predicted octanol–water partition coefficient (Wildman–Crippen LogP) is 4.26. The van der Waals surface area contributed by atoms with E-state index in [-0.39, 0.29) is 14.9 Å². The van der Waals surface area contributed by atoms with E-state index >= 15 is 0 Å². The number of allylic oxidation sites excluding steroid dienone is 8. The molecule has 0 aliphatic heterocycles. The monoisotopic (exact) mass is 292 g/mol. The van der Waals surface area contributed by atoms with E-state index in [0.29, 0.717) is 0 Å². The van der Waals surface area contributed by atoms with Gasteiger partial charge in [0, 0.05) is 0 Å². The Kier molecular flexibility index (Phi) is 22.5. The molecule has 0 saturated heterocycles. The Hall–Kier alpha value is -0.287. The first kappa shape index (κ1) is 21.0. The molecule has 90 valence electrons. The third-order valence-electron chi connectivity index (χ3n) is 1.17. The molecule has 0 nitrogen and oxygen atoms in total. The van der Waals surface area contributed by atoms with Crippen molar-refractivity contribution in [2.24, 2.45) is 0 Å². The van der Waals surface area contributed by atoms with Gasteiger partial charge in [0.2, 0.25) is 0 Å². The fourth-order valence-electron chi connectivity index (χ4n) is 0.680. The van der Waals surface area contributed by atoms with E-state index in [9.17, 15) is 0 Å². The number of hydrogen-bond donors (Lipinski definition) is 0. The van der Waals surface area contributed by atoms with Crippen molar-refractivity contribution in [1.82, 2.24) is 0 Å². The fourth-order valence-corrected chi connectivity index (χ4v) is 0.680. The van der Waals surface area contributed by atoms with Crippen LogP contribution in [-0.2, 0) is 24.2 Å². The largest absolute Gasteiger partial charge is 0.358 e. The molecule has 0 aromatic heterocycles. The van der Waals surface area contributed by atoms with Crippen molar-refractivity contribution < 1.29 is 24.2 Å². The summed E-state index contributed by atoms with van der Waals surface area (Å²) in [4.78, 5) is 0. The van der Waals surface area contributed by atoms with Gasteiger partial charge in [0.1, 0.15) is 0 Å². The van der Waals surface area contributed by atoms with Gasteiger partial charge in [-0.15, -0.1) is 12.8 Å². The van der Waals surface area contributed by atoms with Gasteiger partial charge in [-0.3, -0.25) is 12.2 Å². The second-order valence-electron chi connectivity index (χ2n) is 3.01. The van der Waals surface area contributed by atoms with Crippen LogP contribution in [0.3, 0.4) is 0 Å². The molecule has 0 radical (unpaired) electrons. The van der Waals surface area contributed by atoms with Gasteiger partial charge < -0.3 is 14.9 Å². The van der Waals surface area contributed by atoms with Crippen molar-refractivity contribution in [2.75, 3.05) is 0 Å². The molecular formula is C15H22Zr-4. The molecule has 0 N–H and O–H groups in total. The van der Waals surface area contributed by atoms with Crippen LogP contribution < -0.4 is 0 Å². The molecule has 2 aliphatic carbocycles. The van der Waals surface area contributed by atoms with Gasteiger partial charge in [-0.2, -0.15) is 12.2 Å². The third-order valence-corrected chi connectivity index (χ3v) is 1.17. The van der Waals surface area contributed by atoms with E-state index in [4.69, 9.17) is 0 Å². The maximum Gasteiger partial charge on any atom is -0.109 e. The molecule has 0 amide bonds. The van der Waals surface area contributed by atoms with Gasteiger partial charge in [0.15, 0.2) is 0 Å². The number of rotatable bonds is 0. The van der Waals surface area contributed by atoms with Crippen molar-refractivity contribution in [1.29, 1.82) is 0 Å². The molecule has 0 aromatic carbocycles. The van der Waals surface area contributed by atoms with Crippen LogP contribution in [0.2, 0.25) is 0 Å². The van der Waals surface area contributed by atoms with E-state index in [1.165, 1.54) is 3.21 Å². The second-order valence-corrected chi connectivity index (χ2v) is 5.46. The van der Waals surface area contributed by atoms with Gasteiger partial charge in [0.05, 0.1) is 0 Å². The molecule has 0 aromatic rings. The molecule has 2 rings (SSSR count). The van der Waals surface area contributed by atoms with Gasteiger partial charge in [0.25, 0.3) is 0 Å². The Labute approximate surface area is 117 Å². The molecule has 0 fully saturated rings. The Balaban J connectivity index is -0.000000151. The van der Waals surface area contributed by atoms with Crippen LogP contribution in [0.15, 0.2) is 36.5 Å². The summed E-state index contributed by atoms with van der Waals surface area (Å²) in [6, 6.07) is 0. The molecule has 16 heavy (non-hydrogen) atoms. The maximum absolute atomic E-state index is 2.99. The SMILES string of the molecule is C[C](C)=[Zr].[C-]1=CC=CC1.[C-]1=CC=CC1.[CH3-].[CH3-]. The molecular weight excluding hydrogens is 271 g/mol. The van der Waals surface area contributed by atoms with E-state index in [1.54, 1.807) is 24.2 Å². The standard InChI is InChI=1S/2C5H5.C3H6.2CH3.Zr/c2*1-2-4-5-3-1;1-3-2;;;/h2*1-3H,4H2;1-2H3;2*1H3;/q2*-1;;2*-1;. The summed E-state index contributed by atoms with van der Waals surface area (Å²) in [5, 5.41) is 0. The summed E-state index contributed by atoms with van der Waals surface area (Å²) in [7, 11) is 0. The van der Waals surface area contributed by atoms with Gasteiger partial charge >= 0.3 is 41.3 Å². The zero-order valence-corrected chi connectivity index (χ0v) is 13.3. The van der Waals surface area contributed by atoms with Crippen molar-refractivity contribution in [2.45, 2.75) is 26.7 Å². The first-order valence-corrected chi connectivity index (χ1v) is 5.91. The van der Waals surface area contributed by atoms with E-state index < -0.39 is 0 Å². The summed E-state index contributed by atoms with van der Waals surface area (Å²) >= 11 is 1.55. The Bertz CT molecular complexity index is 209. The fraction of sp³-hybridized carbons (Fsp3) is 0.267. The molecule has 0 heterocycles. The average molecular weight is 294 g/mol. The number of hydrogen-bond acceptors (Lipinski definition) is 0. The van der Waals surface area contributed by atoms with Crippen LogP contribution in [0.4, 0.5) is 0 Å². The summed E-state index contributed by atoms with van der Waals surface area (Å²) in [6.07, 6.45) is 20.0. The summed E-state index contributed by atoms with van der Waals surface area (Å²) in [5.74, 6) is 0. The molecule has 1 heteroatoms. The molecule has 0 unspecified atom stereocenters. The van der Waals surface area contributed by atoms with Crippen LogP contribution in [0, 0.1) is 27.0 Å². The molecule has 0 atom stereocenters. The predicted molar refractivity (Wildman–Crippen MR) is 72.3 cm³/mol. The van der Waals surface area contributed by atoms with E-state index in [2.05, 4.69) is 38.2 Å². The van der Waals surface area contributed by atoms with Gasteiger partial charge in [-0.1, -0.05) is 0 Å². The van der Waals surface area contributed by atoms with Gasteiger partial charge in [-0.05, 0) is 0 Å². The Morgan fingerprint density at radius 3 is 1.31 bits per heavy atom. The van der Waals surface area contributed by atoms with E-state index in [0.717, 1.165) is 12.8 Å². The third kappa shape index (κ3) is 23.5.